The highest BCUT2D eigenvalue weighted by atomic mass is 16.5. The summed E-state index contributed by atoms with van der Waals surface area (Å²) in [4.78, 5) is 15.0. The van der Waals surface area contributed by atoms with Gasteiger partial charge in [0.1, 0.15) is 5.75 Å². The van der Waals surface area contributed by atoms with Gasteiger partial charge in [-0.05, 0) is 101 Å². The molecule has 0 aromatic heterocycles. The molecule has 1 aliphatic heterocycles. The fraction of sp³-hybridized carbons (Fsp3) is 0.464. The summed E-state index contributed by atoms with van der Waals surface area (Å²) < 4.78 is 5.62. The number of esters is 1. The molecule has 1 saturated heterocycles. The minimum atomic E-state index is -0.308. The van der Waals surface area contributed by atoms with Gasteiger partial charge >= 0.3 is 5.97 Å². The Labute approximate surface area is 188 Å². The summed E-state index contributed by atoms with van der Waals surface area (Å²) in [5.41, 5.74) is 3.30. The molecule has 0 atom stereocenters. The van der Waals surface area contributed by atoms with Crippen molar-refractivity contribution in [2.45, 2.75) is 84.2 Å². The Hall–Kier alpha value is -2.55. The van der Waals surface area contributed by atoms with Crippen LogP contribution in [0.5, 0.6) is 5.75 Å². The molecule has 0 bridgehead atoms. The van der Waals surface area contributed by atoms with Crippen LogP contribution < -0.4 is 4.74 Å². The number of carbonyl (C=O) groups is 1. The lowest BCUT2D eigenvalue weighted by Crippen LogP contribution is -2.57. The van der Waals surface area contributed by atoms with Gasteiger partial charge in [-0.2, -0.15) is 0 Å². The molecule has 0 amide bonds. The molecule has 1 heterocycles. The molecule has 0 spiro atoms. The molecule has 0 unspecified atom stereocenters. The molecule has 0 N–H and O–H groups in total. The van der Waals surface area contributed by atoms with E-state index in [4.69, 9.17) is 4.74 Å². The zero-order chi connectivity index (χ0) is 22.6. The second kappa shape index (κ2) is 9.30. The topological polar surface area (TPSA) is 29.5 Å². The molecule has 0 aliphatic carbocycles. The summed E-state index contributed by atoms with van der Waals surface area (Å²) >= 11 is 0. The minimum absolute atomic E-state index is 0.0774. The average molecular weight is 420 g/mol. The first-order valence-corrected chi connectivity index (χ1v) is 11.5. The summed E-state index contributed by atoms with van der Waals surface area (Å²) in [5.74, 6) is 0.761. The third-order valence-electron chi connectivity index (χ3n) is 6.38. The number of ether oxygens (including phenoxy) is 1. The van der Waals surface area contributed by atoms with Crippen LogP contribution in [0.25, 0.3) is 0 Å². The van der Waals surface area contributed by atoms with Gasteiger partial charge in [0.05, 0.1) is 5.56 Å². The van der Waals surface area contributed by atoms with E-state index in [1.165, 1.54) is 11.1 Å². The van der Waals surface area contributed by atoms with E-state index in [-0.39, 0.29) is 17.0 Å². The number of piperidine rings is 1. The van der Waals surface area contributed by atoms with Crippen LogP contribution in [0.3, 0.4) is 0 Å². The second-order valence-corrected chi connectivity index (χ2v) is 9.99. The van der Waals surface area contributed by atoms with Crippen molar-refractivity contribution >= 4 is 5.97 Å². The van der Waals surface area contributed by atoms with E-state index < -0.39 is 0 Å². The predicted octanol–water partition coefficient (Wildman–Crippen LogP) is 7.13. The Balaban J connectivity index is 1.69. The molecular weight excluding hydrogens is 382 g/mol. The summed E-state index contributed by atoms with van der Waals surface area (Å²) in [5, 5.41) is 0. The number of hydrogen-bond donors (Lipinski definition) is 0. The Bertz CT molecular complexity index is 889. The molecule has 3 nitrogen and oxygen atoms in total. The van der Waals surface area contributed by atoms with Gasteiger partial charge in [0.2, 0.25) is 0 Å². The van der Waals surface area contributed by atoms with Crippen LogP contribution in [0.15, 0.2) is 60.8 Å². The molecule has 3 heteroatoms. The first kappa shape index (κ1) is 23.1. The number of allylic oxidation sites excluding steroid dienone is 1. The van der Waals surface area contributed by atoms with E-state index in [0.29, 0.717) is 17.2 Å². The van der Waals surface area contributed by atoms with Gasteiger partial charge in [-0.25, -0.2) is 4.79 Å². The highest BCUT2D eigenvalue weighted by Gasteiger charge is 2.43. The number of likely N-dealkylation sites (tertiary alicyclic amines) is 1. The quantitative estimate of drug-likeness (QED) is 0.368. The largest absolute Gasteiger partial charge is 0.423 e. The second-order valence-electron chi connectivity index (χ2n) is 9.99. The van der Waals surface area contributed by atoms with E-state index in [1.807, 2.05) is 36.4 Å². The number of carbonyl (C=O) groups excluding carboxylic acids is 1. The van der Waals surface area contributed by atoms with Crippen LogP contribution in [-0.4, -0.2) is 21.9 Å². The van der Waals surface area contributed by atoms with Gasteiger partial charge in [0, 0.05) is 11.1 Å². The summed E-state index contributed by atoms with van der Waals surface area (Å²) in [6, 6.07) is 15.8. The first-order valence-electron chi connectivity index (χ1n) is 11.5. The molecule has 1 fully saturated rings. The van der Waals surface area contributed by atoms with Crippen molar-refractivity contribution in [3.63, 3.8) is 0 Å². The van der Waals surface area contributed by atoms with E-state index in [1.54, 1.807) is 0 Å². The number of rotatable bonds is 6. The smallest absolute Gasteiger partial charge is 0.343 e. The molecule has 2 aromatic rings. The Morgan fingerprint density at radius 1 is 1.00 bits per heavy atom. The SMILES string of the molecule is C/C=C/N1C(C)(C)CC(c2ccc(OC(=O)c3ccc(CCC)cc3)cc2)CC1(C)C. The van der Waals surface area contributed by atoms with Crippen molar-refractivity contribution in [1.82, 2.24) is 4.90 Å². The highest BCUT2D eigenvalue weighted by molar-refractivity contribution is 5.91. The summed E-state index contributed by atoms with van der Waals surface area (Å²) in [6.07, 6.45) is 8.66. The third-order valence-corrected chi connectivity index (χ3v) is 6.38. The summed E-state index contributed by atoms with van der Waals surface area (Å²) in [6.45, 7) is 13.5. The van der Waals surface area contributed by atoms with Crippen LogP contribution in [0.2, 0.25) is 0 Å². The van der Waals surface area contributed by atoms with Crippen molar-refractivity contribution in [3.05, 3.63) is 77.5 Å². The van der Waals surface area contributed by atoms with Crippen molar-refractivity contribution < 1.29 is 9.53 Å². The predicted molar refractivity (Wildman–Crippen MR) is 129 cm³/mol. The van der Waals surface area contributed by atoms with Gasteiger partial charge in [-0.3, -0.25) is 0 Å². The van der Waals surface area contributed by atoms with E-state index in [0.717, 1.165) is 25.7 Å². The minimum Gasteiger partial charge on any atom is -0.423 e. The molecular formula is C28H37NO2. The van der Waals surface area contributed by atoms with Crippen LogP contribution >= 0.6 is 0 Å². The van der Waals surface area contributed by atoms with E-state index in [9.17, 15) is 4.79 Å². The lowest BCUT2D eigenvalue weighted by Gasteiger charge is -2.55. The van der Waals surface area contributed by atoms with Crippen molar-refractivity contribution in [2.24, 2.45) is 0 Å². The zero-order valence-corrected chi connectivity index (χ0v) is 19.9. The van der Waals surface area contributed by atoms with E-state index in [2.05, 4.69) is 70.9 Å². The maximum absolute atomic E-state index is 12.5. The van der Waals surface area contributed by atoms with Crippen LogP contribution in [0.1, 0.15) is 88.2 Å². The van der Waals surface area contributed by atoms with Crippen LogP contribution in [-0.2, 0) is 6.42 Å². The number of aryl methyl sites for hydroxylation is 1. The van der Waals surface area contributed by atoms with Crippen LogP contribution in [0, 0.1) is 0 Å². The molecule has 166 valence electrons. The third kappa shape index (κ3) is 5.39. The highest BCUT2D eigenvalue weighted by Crippen LogP contribution is 2.46. The maximum Gasteiger partial charge on any atom is 0.343 e. The summed E-state index contributed by atoms with van der Waals surface area (Å²) in [7, 11) is 0. The van der Waals surface area contributed by atoms with Gasteiger partial charge in [-0.15, -0.1) is 0 Å². The molecule has 3 rings (SSSR count). The molecule has 2 aromatic carbocycles. The molecule has 1 aliphatic rings. The monoisotopic (exact) mass is 419 g/mol. The van der Waals surface area contributed by atoms with Crippen LogP contribution in [0.4, 0.5) is 0 Å². The first-order chi connectivity index (χ1) is 14.7. The molecule has 31 heavy (non-hydrogen) atoms. The maximum atomic E-state index is 12.5. The van der Waals surface area contributed by atoms with Crippen molar-refractivity contribution in [2.75, 3.05) is 0 Å². The van der Waals surface area contributed by atoms with Gasteiger partial charge < -0.3 is 9.64 Å². The van der Waals surface area contributed by atoms with Gasteiger partial charge in [0.25, 0.3) is 0 Å². The van der Waals surface area contributed by atoms with Crippen molar-refractivity contribution in [3.8, 4) is 5.75 Å². The fourth-order valence-electron chi connectivity index (χ4n) is 5.15. The van der Waals surface area contributed by atoms with E-state index >= 15 is 0 Å². The number of benzene rings is 2. The normalized spacial score (nSPS) is 18.3. The van der Waals surface area contributed by atoms with Crippen molar-refractivity contribution in [1.29, 1.82) is 0 Å². The van der Waals surface area contributed by atoms with Gasteiger partial charge in [0.15, 0.2) is 0 Å². The lowest BCUT2D eigenvalue weighted by molar-refractivity contribution is 0.00727. The molecule has 0 radical (unpaired) electrons. The average Bonchev–Trinajstić information content (AvgIpc) is 2.71. The Kier molecular flexibility index (Phi) is 6.93. The fourth-order valence-corrected chi connectivity index (χ4v) is 5.15. The zero-order valence-electron chi connectivity index (χ0n) is 19.9. The number of hydrogen-bond acceptors (Lipinski definition) is 3. The van der Waals surface area contributed by atoms with Gasteiger partial charge in [-0.1, -0.05) is 43.7 Å². The molecule has 0 saturated carbocycles. The Morgan fingerprint density at radius 2 is 1.58 bits per heavy atom. The standard InChI is InChI=1S/C28H37NO2/c1-7-9-21-10-12-23(13-11-21)26(30)31-25-16-14-22(15-17-25)24-19-27(3,4)29(18-8-2)28(5,6)20-24/h8,10-18,24H,7,9,19-20H2,1-6H3/b18-8+. The lowest BCUT2D eigenvalue weighted by atomic mass is 9.71. The Morgan fingerprint density at radius 3 is 2.10 bits per heavy atom. The number of nitrogens with zero attached hydrogens (tertiary/aromatic N) is 1.